The summed E-state index contributed by atoms with van der Waals surface area (Å²) in [7, 11) is 0. The van der Waals surface area contributed by atoms with Crippen molar-refractivity contribution in [3.05, 3.63) is 59.7 Å². The van der Waals surface area contributed by atoms with Crippen LogP contribution >= 0.6 is 0 Å². The summed E-state index contributed by atoms with van der Waals surface area (Å²) in [5, 5.41) is 22.5. The number of hydrogen-bond donors (Lipinski definition) is 3. The minimum Gasteiger partial charge on any atom is -0.508 e. The van der Waals surface area contributed by atoms with Crippen molar-refractivity contribution < 1.29 is 15.0 Å². The van der Waals surface area contributed by atoms with E-state index in [0.29, 0.717) is 18.4 Å². The van der Waals surface area contributed by atoms with E-state index in [-0.39, 0.29) is 17.4 Å². The summed E-state index contributed by atoms with van der Waals surface area (Å²) in [4.78, 5) is 11.6. The number of phenolic OH excluding ortho intramolecular Hbond substituents is 2. The highest BCUT2D eigenvalue weighted by Gasteiger charge is 2.02. The van der Waals surface area contributed by atoms with Gasteiger partial charge in [0.2, 0.25) is 5.91 Å². The van der Waals surface area contributed by atoms with Crippen LogP contribution in [0.5, 0.6) is 11.5 Å². The number of amides is 1. The molecule has 0 atom stereocenters. The molecule has 21 heavy (non-hydrogen) atoms. The van der Waals surface area contributed by atoms with Crippen LogP contribution in [-0.4, -0.2) is 22.3 Å². The molecule has 1 amide bonds. The van der Waals surface area contributed by atoms with Gasteiger partial charge in [0, 0.05) is 18.1 Å². The number of hydrazone groups is 1. The normalized spacial score (nSPS) is 10.7. The standard InChI is InChI=1S/C16H16N2O3/c19-14-8-7-13(15(20)10-14)11-17-18-16(21)9-6-12-4-2-1-3-5-12/h1-5,7-8,10-11,19-20H,6,9H2,(H,18,21). The van der Waals surface area contributed by atoms with Gasteiger partial charge < -0.3 is 10.2 Å². The maximum atomic E-state index is 11.6. The number of phenols is 2. The fourth-order valence-corrected chi connectivity index (χ4v) is 1.77. The zero-order valence-corrected chi connectivity index (χ0v) is 11.4. The van der Waals surface area contributed by atoms with Gasteiger partial charge >= 0.3 is 0 Å². The largest absolute Gasteiger partial charge is 0.508 e. The summed E-state index contributed by atoms with van der Waals surface area (Å²) in [6, 6.07) is 13.9. The number of nitrogens with one attached hydrogen (secondary N) is 1. The first-order chi connectivity index (χ1) is 10.1. The number of aryl methyl sites for hydroxylation is 1. The Bertz CT molecular complexity index is 639. The number of aromatic hydroxyl groups is 2. The van der Waals surface area contributed by atoms with E-state index in [1.165, 1.54) is 24.4 Å². The molecule has 0 unspecified atom stereocenters. The maximum Gasteiger partial charge on any atom is 0.240 e. The Morgan fingerprint density at radius 2 is 1.90 bits per heavy atom. The minimum absolute atomic E-state index is 0.0310. The Labute approximate surface area is 122 Å². The van der Waals surface area contributed by atoms with Crippen LogP contribution in [0.25, 0.3) is 0 Å². The van der Waals surface area contributed by atoms with Gasteiger partial charge in [0.15, 0.2) is 0 Å². The van der Waals surface area contributed by atoms with Gasteiger partial charge in [-0.05, 0) is 24.1 Å². The van der Waals surface area contributed by atoms with Crippen molar-refractivity contribution in [3.63, 3.8) is 0 Å². The van der Waals surface area contributed by atoms with Crippen LogP contribution in [0.1, 0.15) is 17.5 Å². The van der Waals surface area contributed by atoms with E-state index in [0.717, 1.165) is 5.56 Å². The van der Waals surface area contributed by atoms with E-state index in [1.54, 1.807) is 0 Å². The van der Waals surface area contributed by atoms with Crippen molar-refractivity contribution >= 4 is 12.1 Å². The van der Waals surface area contributed by atoms with Crippen LogP contribution < -0.4 is 5.43 Å². The monoisotopic (exact) mass is 284 g/mol. The fourth-order valence-electron chi connectivity index (χ4n) is 1.77. The number of rotatable bonds is 5. The predicted molar refractivity (Wildman–Crippen MR) is 80.3 cm³/mol. The highest BCUT2D eigenvalue weighted by molar-refractivity contribution is 5.85. The Kier molecular flexibility index (Phi) is 4.93. The quantitative estimate of drug-likeness (QED) is 0.581. The van der Waals surface area contributed by atoms with Gasteiger partial charge in [-0.2, -0.15) is 5.10 Å². The van der Waals surface area contributed by atoms with E-state index >= 15 is 0 Å². The van der Waals surface area contributed by atoms with Crippen molar-refractivity contribution in [2.75, 3.05) is 0 Å². The molecule has 2 aromatic carbocycles. The first-order valence-corrected chi connectivity index (χ1v) is 6.53. The second-order valence-corrected chi connectivity index (χ2v) is 4.52. The Morgan fingerprint density at radius 3 is 2.62 bits per heavy atom. The van der Waals surface area contributed by atoms with E-state index in [2.05, 4.69) is 10.5 Å². The molecule has 0 heterocycles. The van der Waals surface area contributed by atoms with Gasteiger partial charge in [0.05, 0.1) is 6.21 Å². The van der Waals surface area contributed by atoms with Gasteiger partial charge in [-0.15, -0.1) is 0 Å². The molecular weight excluding hydrogens is 268 g/mol. The second-order valence-electron chi connectivity index (χ2n) is 4.52. The molecule has 0 bridgehead atoms. The summed E-state index contributed by atoms with van der Waals surface area (Å²) >= 11 is 0. The SMILES string of the molecule is O=C(CCc1ccccc1)NN=Cc1ccc(O)cc1O. The zero-order chi connectivity index (χ0) is 15.1. The lowest BCUT2D eigenvalue weighted by Crippen LogP contribution is -2.17. The van der Waals surface area contributed by atoms with Gasteiger partial charge in [-0.1, -0.05) is 30.3 Å². The number of carbonyl (C=O) groups is 1. The molecule has 0 saturated carbocycles. The summed E-state index contributed by atoms with van der Waals surface area (Å²) < 4.78 is 0. The second kappa shape index (κ2) is 7.09. The molecule has 0 aliphatic heterocycles. The van der Waals surface area contributed by atoms with Crippen LogP contribution in [0.15, 0.2) is 53.6 Å². The average Bonchev–Trinajstić information content (AvgIpc) is 2.48. The lowest BCUT2D eigenvalue weighted by Gasteiger charge is -2.01. The predicted octanol–water partition coefficient (Wildman–Crippen LogP) is 2.18. The number of benzene rings is 2. The molecule has 0 aromatic heterocycles. The van der Waals surface area contributed by atoms with E-state index in [9.17, 15) is 9.90 Å². The average molecular weight is 284 g/mol. The van der Waals surface area contributed by atoms with E-state index < -0.39 is 0 Å². The Hall–Kier alpha value is -2.82. The fraction of sp³-hybridized carbons (Fsp3) is 0.125. The Balaban J connectivity index is 1.82. The third-order valence-electron chi connectivity index (χ3n) is 2.89. The Morgan fingerprint density at radius 1 is 1.14 bits per heavy atom. The molecule has 0 spiro atoms. The van der Waals surface area contributed by atoms with Gasteiger partial charge in [-0.3, -0.25) is 4.79 Å². The molecule has 2 rings (SSSR count). The van der Waals surface area contributed by atoms with Crippen LogP contribution in [-0.2, 0) is 11.2 Å². The molecule has 3 N–H and O–H groups in total. The number of hydrogen-bond acceptors (Lipinski definition) is 4. The first kappa shape index (κ1) is 14.6. The van der Waals surface area contributed by atoms with Gasteiger partial charge in [0.1, 0.15) is 11.5 Å². The third kappa shape index (κ3) is 4.65. The maximum absolute atomic E-state index is 11.6. The summed E-state index contributed by atoms with van der Waals surface area (Å²) in [6.45, 7) is 0. The smallest absolute Gasteiger partial charge is 0.240 e. The zero-order valence-electron chi connectivity index (χ0n) is 11.4. The molecule has 0 fully saturated rings. The minimum atomic E-state index is -0.201. The van der Waals surface area contributed by atoms with Crippen molar-refractivity contribution in [2.45, 2.75) is 12.8 Å². The number of nitrogens with zero attached hydrogens (tertiary/aromatic N) is 1. The summed E-state index contributed by atoms with van der Waals surface area (Å²) in [5.74, 6) is -0.331. The molecule has 0 radical (unpaired) electrons. The number of carbonyl (C=O) groups excluding carboxylic acids is 1. The van der Waals surface area contributed by atoms with E-state index in [1.807, 2.05) is 30.3 Å². The lowest BCUT2D eigenvalue weighted by atomic mass is 10.1. The molecule has 5 nitrogen and oxygen atoms in total. The highest BCUT2D eigenvalue weighted by Crippen LogP contribution is 2.20. The van der Waals surface area contributed by atoms with Crippen LogP contribution in [0.2, 0.25) is 0 Å². The molecular formula is C16H16N2O3. The van der Waals surface area contributed by atoms with Gasteiger partial charge in [-0.25, -0.2) is 5.43 Å². The first-order valence-electron chi connectivity index (χ1n) is 6.53. The van der Waals surface area contributed by atoms with Gasteiger partial charge in [0.25, 0.3) is 0 Å². The van der Waals surface area contributed by atoms with Crippen molar-refractivity contribution in [2.24, 2.45) is 5.10 Å². The molecule has 0 aliphatic rings. The molecule has 108 valence electrons. The van der Waals surface area contributed by atoms with E-state index in [4.69, 9.17) is 5.11 Å². The van der Waals surface area contributed by atoms with Crippen molar-refractivity contribution in [1.82, 2.24) is 5.43 Å². The topological polar surface area (TPSA) is 81.9 Å². The summed E-state index contributed by atoms with van der Waals surface area (Å²) in [6.07, 6.45) is 2.31. The third-order valence-corrected chi connectivity index (χ3v) is 2.89. The summed E-state index contributed by atoms with van der Waals surface area (Å²) in [5.41, 5.74) is 3.90. The van der Waals surface area contributed by atoms with Crippen LogP contribution in [0, 0.1) is 0 Å². The van der Waals surface area contributed by atoms with Crippen molar-refractivity contribution in [1.29, 1.82) is 0 Å². The van der Waals surface area contributed by atoms with Crippen LogP contribution in [0.3, 0.4) is 0 Å². The van der Waals surface area contributed by atoms with Crippen molar-refractivity contribution in [3.8, 4) is 11.5 Å². The molecule has 0 aliphatic carbocycles. The molecule has 0 saturated heterocycles. The molecule has 2 aromatic rings. The van der Waals surface area contributed by atoms with Crippen LogP contribution in [0.4, 0.5) is 0 Å². The molecule has 5 heteroatoms. The highest BCUT2D eigenvalue weighted by atomic mass is 16.3. The lowest BCUT2D eigenvalue weighted by molar-refractivity contribution is -0.121.